The van der Waals surface area contributed by atoms with Crippen LogP contribution in [0.25, 0.3) is 16.9 Å². The summed E-state index contributed by atoms with van der Waals surface area (Å²) in [7, 11) is 3.17. The molecule has 0 aliphatic rings. The Labute approximate surface area is 180 Å². The number of hydrogen-bond donors (Lipinski definition) is 1. The minimum atomic E-state index is -0.319. The molecule has 0 aliphatic carbocycles. The molecule has 0 aliphatic heterocycles. The summed E-state index contributed by atoms with van der Waals surface area (Å²) in [6.07, 6.45) is 3.36. The minimum absolute atomic E-state index is 0.319. The van der Waals surface area contributed by atoms with E-state index >= 15 is 0 Å². The number of nitrogens with zero attached hydrogens (tertiary/aromatic N) is 3. The van der Waals surface area contributed by atoms with Crippen LogP contribution in [0.15, 0.2) is 73.1 Å². The van der Waals surface area contributed by atoms with Gasteiger partial charge in [-0.05, 0) is 55.0 Å². The standard InChI is InChI=1S/C24H22N4O3/c1-16-11-12-25-22(13-16)26-24(29)20-15-28(17-7-5-4-6-8-17)27-23(20)19-14-18(30-2)9-10-21(19)31-3/h4-15H,1-3H3,(H,25,26,29). The van der Waals surface area contributed by atoms with Gasteiger partial charge in [0.25, 0.3) is 5.91 Å². The summed E-state index contributed by atoms with van der Waals surface area (Å²) < 4.78 is 12.6. The summed E-state index contributed by atoms with van der Waals surface area (Å²) >= 11 is 0. The van der Waals surface area contributed by atoms with Crippen molar-refractivity contribution in [3.05, 3.63) is 84.2 Å². The van der Waals surface area contributed by atoms with Crippen LogP contribution in [0.4, 0.5) is 5.82 Å². The molecule has 7 heteroatoms. The molecular weight excluding hydrogens is 392 g/mol. The smallest absolute Gasteiger partial charge is 0.260 e. The highest BCUT2D eigenvalue weighted by atomic mass is 16.5. The first-order valence-corrected chi connectivity index (χ1v) is 9.70. The van der Waals surface area contributed by atoms with E-state index in [4.69, 9.17) is 14.6 Å². The van der Waals surface area contributed by atoms with E-state index in [1.54, 1.807) is 49.5 Å². The van der Waals surface area contributed by atoms with E-state index in [-0.39, 0.29) is 5.91 Å². The van der Waals surface area contributed by atoms with E-state index in [0.717, 1.165) is 11.3 Å². The zero-order valence-electron chi connectivity index (χ0n) is 17.5. The van der Waals surface area contributed by atoms with Crippen molar-refractivity contribution in [3.63, 3.8) is 0 Å². The molecule has 1 N–H and O–H groups in total. The van der Waals surface area contributed by atoms with Gasteiger partial charge in [0, 0.05) is 18.0 Å². The van der Waals surface area contributed by atoms with Crippen molar-refractivity contribution in [3.8, 4) is 28.4 Å². The van der Waals surface area contributed by atoms with Crippen LogP contribution in [0.5, 0.6) is 11.5 Å². The van der Waals surface area contributed by atoms with Gasteiger partial charge in [0.2, 0.25) is 0 Å². The van der Waals surface area contributed by atoms with Gasteiger partial charge < -0.3 is 14.8 Å². The van der Waals surface area contributed by atoms with Gasteiger partial charge >= 0.3 is 0 Å². The van der Waals surface area contributed by atoms with Gasteiger partial charge in [0.05, 0.1) is 25.5 Å². The Bertz CT molecular complexity index is 1220. The predicted molar refractivity (Wildman–Crippen MR) is 119 cm³/mol. The molecule has 156 valence electrons. The average Bonchev–Trinajstić information content (AvgIpc) is 3.25. The molecule has 1 amide bonds. The SMILES string of the molecule is COc1ccc(OC)c(-c2nn(-c3ccccc3)cc2C(=O)Nc2cc(C)ccn2)c1. The van der Waals surface area contributed by atoms with Crippen molar-refractivity contribution >= 4 is 11.7 Å². The molecule has 4 aromatic rings. The lowest BCUT2D eigenvalue weighted by molar-refractivity contribution is 0.102. The van der Waals surface area contributed by atoms with Crippen LogP contribution in [-0.2, 0) is 0 Å². The second-order valence-electron chi connectivity index (χ2n) is 6.91. The summed E-state index contributed by atoms with van der Waals surface area (Å²) in [5.41, 5.74) is 3.35. The van der Waals surface area contributed by atoms with Crippen LogP contribution in [0, 0.1) is 6.92 Å². The molecule has 0 saturated heterocycles. The van der Waals surface area contributed by atoms with Crippen molar-refractivity contribution in [2.24, 2.45) is 0 Å². The molecule has 0 atom stereocenters. The van der Waals surface area contributed by atoms with Gasteiger partial charge in [0.1, 0.15) is 23.0 Å². The third-order valence-electron chi connectivity index (χ3n) is 4.80. The topological polar surface area (TPSA) is 78.3 Å². The van der Waals surface area contributed by atoms with Gasteiger partial charge in [0.15, 0.2) is 0 Å². The molecule has 0 radical (unpaired) electrons. The first kappa shape index (κ1) is 20.2. The number of para-hydroxylation sites is 1. The van der Waals surface area contributed by atoms with Crippen LogP contribution in [0.2, 0.25) is 0 Å². The number of carbonyl (C=O) groups excluding carboxylic acids is 1. The number of anilines is 1. The second-order valence-corrected chi connectivity index (χ2v) is 6.91. The first-order chi connectivity index (χ1) is 15.1. The lowest BCUT2D eigenvalue weighted by Gasteiger charge is -2.10. The second kappa shape index (κ2) is 8.71. The Balaban J connectivity index is 1.84. The fraction of sp³-hybridized carbons (Fsp3) is 0.125. The highest BCUT2D eigenvalue weighted by Gasteiger charge is 2.22. The predicted octanol–water partition coefficient (Wildman–Crippen LogP) is 4.51. The number of nitrogens with one attached hydrogen (secondary N) is 1. The Kier molecular flexibility index (Phi) is 5.66. The number of ether oxygens (including phenoxy) is 2. The zero-order valence-corrected chi connectivity index (χ0v) is 17.5. The van der Waals surface area contributed by atoms with Crippen molar-refractivity contribution in [1.29, 1.82) is 0 Å². The molecule has 2 aromatic heterocycles. The molecular formula is C24H22N4O3. The van der Waals surface area contributed by atoms with E-state index in [1.165, 1.54) is 0 Å². The van der Waals surface area contributed by atoms with E-state index in [9.17, 15) is 4.79 Å². The largest absolute Gasteiger partial charge is 0.497 e. The average molecular weight is 414 g/mol. The summed E-state index contributed by atoms with van der Waals surface area (Å²) in [6, 6.07) is 18.7. The molecule has 0 bridgehead atoms. The molecule has 0 spiro atoms. The summed E-state index contributed by atoms with van der Waals surface area (Å²) in [5, 5.41) is 7.58. The first-order valence-electron chi connectivity index (χ1n) is 9.70. The molecule has 31 heavy (non-hydrogen) atoms. The fourth-order valence-corrected chi connectivity index (χ4v) is 3.24. The monoisotopic (exact) mass is 414 g/mol. The van der Waals surface area contributed by atoms with E-state index in [2.05, 4.69) is 10.3 Å². The summed E-state index contributed by atoms with van der Waals surface area (Å²) in [6.45, 7) is 1.94. The molecule has 2 heterocycles. The molecule has 0 fully saturated rings. The van der Waals surface area contributed by atoms with Crippen LogP contribution in [0.3, 0.4) is 0 Å². The fourth-order valence-electron chi connectivity index (χ4n) is 3.24. The van der Waals surface area contributed by atoms with Gasteiger partial charge in [-0.1, -0.05) is 18.2 Å². The van der Waals surface area contributed by atoms with Crippen molar-refractivity contribution in [2.45, 2.75) is 6.92 Å². The van der Waals surface area contributed by atoms with Crippen LogP contribution in [0.1, 0.15) is 15.9 Å². The Morgan fingerprint density at radius 3 is 2.52 bits per heavy atom. The third kappa shape index (κ3) is 4.25. The maximum absolute atomic E-state index is 13.2. The minimum Gasteiger partial charge on any atom is -0.497 e. The quantitative estimate of drug-likeness (QED) is 0.502. The van der Waals surface area contributed by atoms with Crippen LogP contribution in [-0.4, -0.2) is 34.9 Å². The molecule has 4 rings (SSSR count). The molecule has 7 nitrogen and oxygen atoms in total. The lowest BCUT2D eigenvalue weighted by atomic mass is 10.1. The summed E-state index contributed by atoms with van der Waals surface area (Å²) in [5.74, 6) is 1.37. The number of methoxy groups -OCH3 is 2. The highest BCUT2D eigenvalue weighted by Crippen LogP contribution is 2.35. The molecule has 2 aromatic carbocycles. The van der Waals surface area contributed by atoms with Gasteiger partial charge in [-0.3, -0.25) is 4.79 Å². The van der Waals surface area contributed by atoms with Crippen molar-refractivity contribution < 1.29 is 14.3 Å². The number of carbonyl (C=O) groups is 1. The van der Waals surface area contributed by atoms with Crippen molar-refractivity contribution in [2.75, 3.05) is 19.5 Å². The normalized spacial score (nSPS) is 10.5. The van der Waals surface area contributed by atoms with Crippen LogP contribution < -0.4 is 14.8 Å². The van der Waals surface area contributed by atoms with Crippen LogP contribution >= 0.6 is 0 Å². The number of benzene rings is 2. The van der Waals surface area contributed by atoms with E-state index in [0.29, 0.717) is 34.1 Å². The zero-order chi connectivity index (χ0) is 21.8. The van der Waals surface area contributed by atoms with Crippen molar-refractivity contribution in [1.82, 2.24) is 14.8 Å². The molecule has 0 saturated carbocycles. The number of pyridine rings is 1. The number of aryl methyl sites for hydroxylation is 1. The number of aromatic nitrogens is 3. The third-order valence-corrected chi connectivity index (χ3v) is 4.80. The van der Waals surface area contributed by atoms with E-state index in [1.807, 2.05) is 49.4 Å². The Morgan fingerprint density at radius 1 is 1.00 bits per heavy atom. The molecule has 0 unspecified atom stereocenters. The van der Waals surface area contributed by atoms with Gasteiger partial charge in [-0.2, -0.15) is 5.10 Å². The highest BCUT2D eigenvalue weighted by molar-refractivity contribution is 6.08. The lowest BCUT2D eigenvalue weighted by Crippen LogP contribution is -2.13. The van der Waals surface area contributed by atoms with Gasteiger partial charge in [-0.15, -0.1) is 0 Å². The number of hydrogen-bond acceptors (Lipinski definition) is 5. The number of amides is 1. The van der Waals surface area contributed by atoms with E-state index < -0.39 is 0 Å². The summed E-state index contributed by atoms with van der Waals surface area (Å²) in [4.78, 5) is 17.5. The maximum atomic E-state index is 13.2. The maximum Gasteiger partial charge on any atom is 0.260 e. The Hall–Kier alpha value is -4.13. The van der Waals surface area contributed by atoms with Gasteiger partial charge in [-0.25, -0.2) is 9.67 Å². The number of rotatable bonds is 6. The Morgan fingerprint density at radius 2 is 1.81 bits per heavy atom.